The Bertz CT molecular complexity index is 1370. The number of hydrogen-bond acceptors (Lipinski definition) is 5. The molecule has 3 aromatic rings. The second-order valence-corrected chi connectivity index (χ2v) is 11.4. The number of Topliss-reactive ketones (excluding diaryl/α,β-unsaturated/α-hetero) is 1. The van der Waals surface area contributed by atoms with Gasteiger partial charge in [-0.15, -0.1) is 0 Å². The number of ketones is 1. The van der Waals surface area contributed by atoms with E-state index in [1.165, 1.54) is 0 Å². The highest BCUT2D eigenvalue weighted by molar-refractivity contribution is 5.96. The average Bonchev–Trinajstić information content (AvgIpc) is 3.40. The summed E-state index contributed by atoms with van der Waals surface area (Å²) in [6.07, 6.45) is 3.48. The van der Waals surface area contributed by atoms with Crippen LogP contribution in [0.3, 0.4) is 0 Å². The van der Waals surface area contributed by atoms with E-state index >= 15 is 0 Å². The van der Waals surface area contributed by atoms with Gasteiger partial charge in [0.25, 0.3) is 0 Å². The van der Waals surface area contributed by atoms with Crippen LogP contribution in [0.4, 0.5) is 0 Å². The molecule has 8 heteroatoms. The monoisotopic (exact) mass is 516 g/mol. The van der Waals surface area contributed by atoms with E-state index in [4.69, 9.17) is 5.73 Å². The lowest BCUT2D eigenvalue weighted by Crippen LogP contribution is -2.57. The zero-order valence-corrected chi connectivity index (χ0v) is 21.9. The number of benzene rings is 2. The molecule has 0 saturated carbocycles. The molecule has 1 spiro atoms. The van der Waals surface area contributed by atoms with Crippen molar-refractivity contribution in [1.29, 1.82) is 0 Å². The topological polar surface area (TPSA) is 137 Å². The van der Waals surface area contributed by atoms with Crippen LogP contribution in [0, 0.1) is 5.92 Å². The number of carbonyl (C=O) groups excluding carboxylic acids is 2. The number of hydrogen-bond donors (Lipinski definition) is 5. The minimum atomic E-state index is -1.18. The Hall–Kier alpha value is -3.49. The smallest absolute Gasteiger partial charge is 0.303 e. The number of carboxylic acids is 1. The Morgan fingerprint density at radius 1 is 1.11 bits per heavy atom. The Morgan fingerprint density at radius 3 is 2.50 bits per heavy atom. The zero-order chi connectivity index (χ0) is 27.1. The van der Waals surface area contributed by atoms with Crippen LogP contribution in [0.1, 0.15) is 55.7 Å². The standard InChI is InChI=1S/C30H36N4O4/c1-29(2,31)28(38)34-24(15-18-17-33-23-10-6-4-7-19(18)23)27(37)26-21(16-25(35)36)20-8-3-5-9-22(20)30(26)11-13-32-14-12-30/h3-10,17,21,24,26,32-33H,11-16,31H2,1-2H3,(H,34,38)(H,35,36)/t21-,24-,26?/m1/s1. The largest absolute Gasteiger partial charge is 0.481 e. The molecule has 2 aliphatic rings. The summed E-state index contributed by atoms with van der Waals surface area (Å²) in [5.74, 6) is -2.52. The Balaban J connectivity index is 1.60. The van der Waals surface area contributed by atoms with E-state index in [-0.39, 0.29) is 18.6 Å². The van der Waals surface area contributed by atoms with Gasteiger partial charge in [-0.25, -0.2) is 0 Å². The van der Waals surface area contributed by atoms with Crippen molar-refractivity contribution < 1.29 is 19.5 Å². The highest BCUT2D eigenvalue weighted by Gasteiger charge is 2.56. The highest BCUT2D eigenvalue weighted by Crippen LogP contribution is 2.56. The van der Waals surface area contributed by atoms with E-state index in [1.807, 2.05) is 48.7 Å². The molecule has 1 unspecified atom stereocenters. The van der Waals surface area contributed by atoms with E-state index in [1.54, 1.807) is 13.8 Å². The van der Waals surface area contributed by atoms with E-state index in [0.717, 1.165) is 53.5 Å². The fourth-order valence-electron chi connectivity index (χ4n) is 6.65. The van der Waals surface area contributed by atoms with Gasteiger partial charge in [-0.2, -0.15) is 0 Å². The second kappa shape index (κ2) is 10.0. The van der Waals surface area contributed by atoms with E-state index in [2.05, 4.69) is 21.7 Å². The summed E-state index contributed by atoms with van der Waals surface area (Å²) in [6.45, 7) is 4.71. The van der Waals surface area contributed by atoms with Crippen LogP contribution in [-0.4, -0.2) is 52.4 Å². The third kappa shape index (κ3) is 4.63. The number of rotatable bonds is 8. The third-order valence-electron chi connectivity index (χ3n) is 8.42. The Labute approximate surface area is 222 Å². The number of H-pyrrole nitrogens is 1. The summed E-state index contributed by atoms with van der Waals surface area (Å²) in [4.78, 5) is 43.2. The molecule has 8 nitrogen and oxygen atoms in total. The van der Waals surface area contributed by atoms with Crippen molar-refractivity contribution in [3.63, 3.8) is 0 Å². The van der Waals surface area contributed by atoms with Gasteiger partial charge in [0.15, 0.2) is 5.78 Å². The lowest BCUT2D eigenvalue weighted by atomic mass is 9.64. The molecule has 2 aromatic carbocycles. The highest BCUT2D eigenvalue weighted by atomic mass is 16.4. The molecule has 0 radical (unpaired) electrons. The molecule has 1 amide bonds. The molecule has 5 rings (SSSR count). The van der Waals surface area contributed by atoms with Crippen LogP contribution in [0.25, 0.3) is 10.9 Å². The lowest BCUT2D eigenvalue weighted by molar-refractivity contribution is -0.139. The van der Waals surface area contributed by atoms with E-state index in [9.17, 15) is 19.5 Å². The van der Waals surface area contributed by atoms with Crippen molar-refractivity contribution in [2.24, 2.45) is 11.7 Å². The van der Waals surface area contributed by atoms with Crippen LogP contribution in [0.5, 0.6) is 0 Å². The molecule has 1 fully saturated rings. The molecule has 0 bridgehead atoms. The van der Waals surface area contributed by atoms with Gasteiger partial charge in [0.05, 0.1) is 18.0 Å². The molecule has 200 valence electrons. The van der Waals surface area contributed by atoms with Gasteiger partial charge in [0.2, 0.25) is 5.91 Å². The van der Waals surface area contributed by atoms with Gasteiger partial charge in [-0.3, -0.25) is 14.4 Å². The van der Waals surface area contributed by atoms with Crippen molar-refractivity contribution in [2.75, 3.05) is 13.1 Å². The first-order valence-corrected chi connectivity index (χ1v) is 13.3. The quantitative estimate of drug-likeness (QED) is 0.312. The number of piperidine rings is 1. The molecule has 1 saturated heterocycles. The van der Waals surface area contributed by atoms with E-state index in [0.29, 0.717) is 0 Å². The summed E-state index contributed by atoms with van der Waals surface area (Å²) in [5, 5.41) is 17.2. The van der Waals surface area contributed by atoms with Crippen molar-refractivity contribution in [2.45, 2.75) is 62.4 Å². The van der Waals surface area contributed by atoms with E-state index < -0.39 is 40.7 Å². The summed E-state index contributed by atoms with van der Waals surface area (Å²) in [5.41, 5.74) is 8.34. The molecule has 3 atom stereocenters. The maximum Gasteiger partial charge on any atom is 0.303 e. The molecule has 2 heterocycles. The van der Waals surface area contributed by atoms with Gasteiger partial charge in [0.1, 0.15) is 0 Å². The number of aliphatic carboxylic acids is 1. The van der Waals surface area contributed by atoms with Crippen LogP contribution in [0.2, 0.25) is 0 Å². The summed E-state index contributed by atoms with van der Waals surface area (Å²) in [7, 11) is 0. The van der Waals surface area contributed by atoms with Crippen LogP contribution in [-0.2, 0) is 26.2 Å². The summed E-state index contributed by atoms with van der Waals surface area (Å²) < 4.78 is 0. The number of aromatic amines is 1. The number of amides is 1. The number of nitrogens with one attached hydrogen (secondary N) is 3. The van der Waals surface area contributed by atoms with Gasteiger partial charge in [-0.1, -0.05) is 42.5 Å². The first-order valence-electron chi connectivity index (χ1n) is 13.3. The average molecular weight is 517 g/mol. The number of carbonyl (C=O) groups is 3. The van der Waals surface area contributed by atoms with Crippen molar-refractivity contribution >= 4 is 28.6 Å². The third-order valence-corrected chi connectivity index (χ3v) is 8.42. The van der Waals surface area contributed by atoms with Crippen molar-refractivity contribution in [3.05, 3.63) is 71.4 Å². The first kappa shape index (κ1) is 26.1. The minimum Gasteiger partial charge on any atom is -0.481 e. The number of carboxylic acid groups (broad SMARTS) is 1. The summed E-state index contributed by atoms with van der Waals surface area (Å²) in [6, 6.07) is 14.9. The van der Waals surface area contributed by atoms with Gasteiger partial charge >= 0.3 is 5.97 Å². The molecular formula is C30H36N4O4. The van der Waals surface area contributed by atoms with Gasteiger partial charge in [-0.05, 0) is 62.5 Å². The first-order chi connectivity index (χ1) is 18.1. The lowest BCUT2D eigenvalue weighted by Gasteiger charge is -2.42. The SMILES string of the molecule is CC(C)(N)C(=O)N[C@H](Cc1c[nH]c2ccccc12)C(=O)C1[C@H](CC(=O)O)c2ccccc2C12CCNCC2. The predicted molar refractivity (Wildman–Crippen MR) is 146 cm³/mol. The van der Waals surface area contributed by atoms with Crippen LogP contribution >= 0.6 is 0 Å². The van der Waals surface area contributed by atoms with Crippen LogP contribution in [0.15, 0.2) is 54.7 Å². The predicted octanol–water partition coefficient (Wildman–Crippen LogP) is 3.01. The maximum atomic E-state index is 14.7. The normalized spacial score (nSPS) is 21.2. The van der Waals surface area contributed by atoms with Crippen molar-refractivity contribution in [3.8, 4) is 0 Å². The summed E-state index contributed by atoms with van der Waals surface area (Å²) >= 11 is 0. The zero-order valence-electron chi connectivity index (χ0n) is 21.9. The molecule has 38 heavy (non-hydrogen) atoms. The number of nitrogens with two attached hydrogens (primary N) is 1. The number of aromatic nitrogens is 1. The molecule has 1 aliphatic carbocycles. The number of para-hydroxylation sites is 1. The molecule has 1 aromatic heterocycles. The Kier molecular flexibility index (Phi) is 6.88. The minimum absolute atomic E-state index is 0.128. The Morgan fingerprint density at radius 2 is 1.79 bits per heavy atom. The molecular weight excluding hydrogens is 480 g/mol. The number of fused-ring (bicyclic) bond motifs is 3. The molecule has 1 aliphatic heterocycles. The fraction of sp³-hybridized carbons (Fsp3) is 0.433. The van der Waals surface area contributed by atoms with Crippen LogP contribution < -0.4 is 16.4 Å². The van der Waals surface area contributed by atoms with Gasteiger partial charge in [0, 0.05) is 40.8 Å². The molecule has 6 N–H and O–H groups in total. The van der Waals surface area contributed by atoms with Gasteiger partial charge < -0.3 is 26.5 Å². The second-order valence-electron chi connectivity index (χ2n) is 11.4. The fourth-order valence-corrected chi connectivity index (χ4v) is 6.65. The van der Waals surface area contributed by atoms with Crippen molar-refractivity contribution in [1.82, 2.24) is 15.6 Å². The maximum absolute atomic E-state index is 14.7.